The molecule has 2 aromatic carbocycles. The van der Waals surface area contributed by atoms with Crippen molar-refractivity contribution in [2.75, 3.05) is 5.32 Å². The fraction of sp³-hybridized carbons (Fsp3) is 0.100. The highest BCUT2D eigenvalue weighted by Crippen LogP contribution is 2.39. The number of nitrogens with zero attached hydrogens (tertiary/aromatic N) is 2. The first-order valence-electron chi connectivity index (χ1n) is 8.00. The van der Waals surface area contributed by atoms with Crippen molar-refractivity contribution < 1.29 is 5.11 Å². The molecule has 0 spiro atoms. The first-order valence-corrected chi connectivity index (χ1v) is 8.82. The number of aromatic hydroxyl groups is 1. The van der Waals surface area contributed by atoms with Crippen LogP contribution in [0.1, 0.15) is 22.9 Å². The van der Waals surface area contributed by atoms with Crippen LogP contribution >= 0.6 is 11.3 Å². The molecule has 0 atom stereocenters. The predicted octanol–water partition coefficient (Wildman–Crippen LogP) is 5.55. The summed E-state index contributed by atoms with van der Waals surface area (Å²) in [6, 6.07) is 16.1. The molecule has 0 amide bonds. The van der Waals surface area contributed by atoms with E-state index < -0.39 is 0 Å². The lowest BCUT2D eigenvalue weighted by atomic mass is 10.0. The third kappa shape index (κ3) is 3.06. The lowest BCUT2D eigenvalue weighted by Gasteiger charge is -2.02. The van der Waals surface area contributed by atoms with Crippen molar-refractivity contribution in [3.05, 3.63) is 64.5 Å². The highest BCUT2D eigenvalue weighted by atomic mass is 32.1. The molecule has 4 nitrogen and oxygen atoms in total. The Bertz CT molecular complexity index is 1000. The summed E-state index contributed by atoms with van der Waals surface area (Å²) in [4.78, 5) is 9.53. The number of thiazole rings is 1. The minimum Gasteiger partial charge on any atom is -0.492 e. The van der Waals surface area contributed by atoms with Gasteiger partial charge in [-0.2, -0.15) is 4.98 Å². The minimum absolute atomic E-state index is 0.0318. The van der Waals surface area contributed by atoms with Crippen LogP contribution in [-0.4, -0.2) is 15.8 Å². The number of aryl methyl sites for hydroxylation is 1. The number of nitrogens with one attached hydrogen (secondary N) is 1. The monoisotopic (exact) mass is 347 g/mol. The normalized spacial score (nSPS) is 14.5. The van der Waals surface area contributed by atoms with Gasteiger partial charge in [0.25, 0.3) is 0 Å². The van der Waals surface area contributed by atoms with Crippen molar-refractivity contribution in [2.45, 2.75) is 13.8 Å². The highest BCUT2D eigenvalue weighted by molar-refractivity contribution is 7.16. The van der Waals surface area contributed by atoms with E-state index in [-0.39, 0.29) is 5.88 Å². The number of hydrogen-bond acceptors (Lipinski definition) is 5. The molecule has 1 aliphatic heterocycles. The van der Waals surface area contributed by atoms with Gasteiger partial charge in [-0.15, -0.1) is 0 Å². The van der Waals surface area contributed by atoms with Crippen LogP contribution in [0.15, 0.2) is 53.5 Å². The van der Waals surface area contributed by atoms with Gasteiger partial charge < -0.3 is 10.4 Å². The Kier molecular flexibility index (Phi) is 3.86. The maximum Gasteiger partial charge on any atom is 0.231 e. The van der Waals surface area contributed by atoms with Crippen LogP contribution in [0.2, 0.25) is 0 Å². The Morgan fingerprint density at radius 2 is 1.80 bits per heavy atom. The van der Waals surface area contributed by atoms with Gasteiger partial charge >= 0.3 is 0 Å². The second-order valence-corrected chi connectivity index (χ2v) is 7.00. The van der Waals surface area contributed by atoms with Crippen molar-refractivity contribution in [3.8, 4) is 5.88 Å². The molecule has 2 N–H and O–H groups in total. The Balaban J connectivity index is 1.65. The zero-order valence-electron chi connectivity index (χ0n) is 13.9. The zero-order chi connectivity index (χ0) is 17.4. The first kappa shape index (κ1) is 15.6. The number of para-hydroxylation sites is 1. The summed E-state index contributed by atoms with van der Waals surface area (Å²) in [5.74, 6) is 0.0318. The number of benzene rings is 2. The molecule has 3 aromatic rings. The fourth-order valence-corrected chi connectivity index (χ4v) is 3.60. The zero-order valence-corrected chi connectivity index (χ0v) is 14.8. The van der Waals surface area contributed by atoms with Crippen molar-refractivity contribution in [3.63, 3.8) is 0 Å². The Morgan fingerprint density at radius 3 is 2.60 bits per heavy atom. The predicted molar refractivity (Wildman–Crippen MR) is 105 cm³/mol. The number of fused-ring (bicyclic) bond motifs is 1. The van der Waals surface area contributed by atoms with Gasteiger partial charge in [0.15, 0.2) is 5.13 Å². The largest absolute Gasteiger partial charge is 0.492 e. The summed E-state index contributed by atoms with van der Waals surface area (Å²) in [5.41, 5.74) is 6.17. The third-order valence-electron chi connectivity index (χ3n) is 4.08. The molecule has 0 aliphatic carbocycles. The van der Waals surface area contributed by atoms with E-state index in [1.807, 2.05) is 68.5 Å². The van der Waals surface area contributed by atoms with Gasteiger partial charge in [0.05, 0.1) is 10.6 Å². The highest BCUT2D eigenvalue weighted by Gasteiger charge is 2.18. The number of aromatic nitrogens is 1. The van der Waals surface area contributed by atoms with Crippen molar-refractivity contribution in [1.82, 2.24) is 4.98 Å². The van der Waals surface area contributed by atoms with Crippen molar-refractivity contribution in [1.29, 1.82) is 0 Å². The standard InChI is InChI=1S/C20H17N3OS/c1-12-7-9-14(10-8-12)22-20-23-19(24)18(25-20)11-16-13(2)21-17-6-4-3-5-15(16)17/h3-11,24H,1-2H3,(H,22,23). The summed E-state index contributed by atoms with van der Waals surface area (Å²) in [7, 11) is 0. The van der Waals surface area contributed by atoms with Crippen LogP contribution in [0.4, 0.5) is 16.5 Å². The second-order valence-electron chi connectivity index (χ2n) is 5.97. The van der Waals surface area contributed by atoms with Gasteiger partial charge in [-0.05, 0) is 38.1 Å². The molecule has 0 radical (unpaired) electrons. The Hall–Kier alpha value is -2.92. The second kappa shape index (κ2) is 6.18. The van der Waals surface area contributed by atoms with Gasteiger partial charge in [-0.25, -0.2) is 0 Å². The fourth-order valence-electron chi connectivity index (χ4n) is 2.78. The molecule has 0 bridgehead atoms. The summed E-state index contributed by atoms with van der Waals surface area (Å²) in [5, 5.41) is 14.1. The maximum absolute atomic E-state index is 10.2. The van der Waals surface area contributed by atoms with Crippen LogP contribution in [0, 0.1) is 6.92 Å². The van der Waals surface area contributed by atoms with Crippen LogP contribution in [0.25, 0.3) is 11.6 Å². The van der Waals surface area contributed by atoms with E-state index in [1.54, 1.807) is 0 Å². The van der Waals surface area contributed by atoms with E-state index >= 15 is 0 Å². The molecule has 2 heterocycles. The lowest BCUT2D eigenvalue weighted by molar-refractivity contribution is 0.457. The van der Waals surface area contributed by atoms with E-state index in [2.05, 4.69) is 15.3 Å². The summed E-state index contributed by atoms with van der Waals surface area (Å²) >= 11 is 1.42. The van der Waals surface area contributed by atoms with Gasteiger partial charge in [0.2, 0.25) is 5.88 Å². The molecule has 4 rings (SSSR count). The van der Waals surface area contributed by atoms with Crippen LogP contribution in [0.5, 0.6) is 5.88 Å². The SMILES string of the molecule is CC1=Nc2ccccc2C1=Cc1sc(Nc2ccc(C)cc2)nc1O. The molecule has 5 heteroatoms. The van der Waals surface area contributed by atoms with E-state index in [0.29, 0.717) is 5.13 Å². The lowest BCUT2D eigenvalue weighted by Crippen LogP contribution is -1.89. The Labute approximate surface area is 150 Å². The Morgan fingerprint density at radius 1 is 1.04 bits per heavy atom. The molecule has 1 aromatic heterocycles. The van der Waals surface area contributed by atoms with Crippen molar-refractivity contribution in [2.24, 2.45) is 4.99 Å². The molecule has 1 aliphatic rings. The summed E-state index contributed by atoms with van der Waals surface area (Å²) in [6.45, 7) is 4.03. The summed E-state index contributed by atoms with van der Waals surface area (Å²) < 4.78 is 0. The quantitative estimate of drug-likeness (QED) is 0.653. The summed E-state index contributed by atoms with van der Waals surface area (Å²) in [6.07, 6.45) is 1.96. The number of rotatable bonds is 3. The molecular formula is C20H17N3OS. The van der Waals surface area contributed by atoms with E-state index in [4.69, 9.17) is 0 Å². The molecule has 0 unspecified atom stereocenters. The number of aliphatic imine (C=N–C) groups is 1. The molecular weight excluding hydrogens is 330 g/mol. The molecule has 0 saturated heterocycles. The van der Waals surface area contributed by atoms with Crippen molar-refractivity contribution >= 4 is 45.2 Å². The molecule has 0 saturated carbocycles. The van der Waals surface area contributed by atoms with Gasteiger partial charge in [0.1, 0.15) is 0 Å². The number of allylic oxidation sites excluding steroid dienone is 1. The topological polar surface area (TPSA) is 57.5 Å². The van der Waals surface area contributed by atoms with E-state index in [9.17, 15) is 5.11 Å². The smallest absolute Gasteiger partial charge is 0.231 e. The molecule has 124 valence electrons. The maximum atomic E-state index is 10.2. The average Bonchev–Trinajstić information content (AvgIpc) is 3.10. The van der Waals surface area contributed by atoms with E-state index in [0.717, 1.165) is 33.1 Å². The molecule has 25 heavy (non-hydrogen) atoms. The van der Waals surface area contributed by atoms with Gasteiger partial charge in [-0.1, -0.05) is 47.2 Å². The number of anilines is 2. The van der Waals surface area contributed by atoms with Crippen LogP contribution in [0.3, 0.4) is 0 Å². The minimum atomic E-state index is 0.0318. The average molecular weight is 347 g/mol. The van der Waals surface area contributed by atoms with Gasteiger partial charge in [0, 0.05) is 22.5 Å². The van der Waals surface area contributed by atoms with E-state index in [1.165, 1.54) is 16.9 Å². The third-order valence-corrected chi connectivity index (χ3v) is 4.99. The van der Waals surface area contributed by atoms with Crippen LogP contribution < -0.4 is 5.32 Å². The van der Waals surface area contributed by atoms with Gasteiger partial charge in [-0.3, -0.25) is 4.99 Å². The van der Waals surface area contributed by atoms with Crippen LogP contribution in [-0.2, 0) is 0 Å². The number of hydrogen-bond donors (Lipinski definition) is 2. The first-order chi connectivity index (χ1) is 12.1. The molecule has 0 fully saturated rings.